The zero-order valence-electron chi connectivity index (χ0n) is 11.2. The zero-order chi connectivity index (χ0) is 14.2. The van der Waals surface area contributed by atoms with Gasteiger partial charge in [-0.25, -0.2) is 8.78 Å². The minimum atomic E-state index is -0.653. The summed E-state index contributed by atoms with van der Waals surface area (Å²) in [5.41, 5.74) is 5.33. The molecule has 104 valence electrons. The van der Waals surface area contributed by atoms with Gasteiger partial charge in [0.05, 0.1) is 0 Å². The standard InChI is InChI=1S/C14H19F2N3/c1-8(2)19(7-9-3-4-9)13-11(15)5-10(14(17)18)6-12(13)16/h5-6,8-9H,3-4,7H2,1-2H3,(H3,17,18). The Labute approximate surface area is 111 Å². The minimum Gasteiger partial charge on any atom is -0.384 e. The van der Waals surface area contributed by atoms with E-state index in [1.165, 1.54) is 0 Å². The number of rotatable bonds is 5. The van der Waals surface area contributed by atoms with Gasteiger partial charge in [0, 0.05) is 18.2 Å². The summed E-state index contributed by atoms with van der Waals surface area (Å²) in [6, 6.07) is 2.28. The zero-order valence-corrected chi connectivity index (χ0v) is 11.2. The van der Waals surface area contributed by atoms with E-state index in [4.69, 9.17) is 11.1 Å². The summed E-state index contributed by atoms with van der Waals surface area (Å²) in [4.78, 5) is 1.76. The van der Waals surface area contributed by atoms with Crippen molar-refractivity contribution in [1.82, 2.24) is 0 Å². The molecular formula is C14H19F2N3. The topological polar surface area (TPSA) is 53.1 Å². The van der Waals surface area contributed by atoms with Gasteiger partial charge in [0.15, 0.2) is 0 Å². The number of nitrogens with two attached hydrogens (primary N) is 1. The van der Waals surface area contributed by atoms with Crippen molar-refractivity contribution in [3.8, 4) is 0 Å². The summed E-state index contributed by atoms with van der Waals surface area (Å²) < 4.78 is 28.2. The first kappa shape index (κ1) is 13.8. The fourth-order valence-corrected chi connectivity index (χ4v) is 2.13. The Balaban J connectivity index is 2.38. The molecule has 0 atom stereocenters. The molecule has 0 saturated heterocycles. The summed E-state index contributed by atoms with van der Waals surface area (Å²) in [5.74, 6) is -1.10. The Morgan fingerprint density at radius 2 is 1.89 bits per heavy atom. The molecule has 0 spiro atoms. The smallest absolute Gasteiger partial charge is 0.150 e. The number of benzene rings is 1. The predicted molar refractivity (Wildman–Crippen MR) is 72.6 cm³/mol. The number of hydrogen-bond acceptors (Lipinski definition) is 2. The third-order valence-corrected chi connectivity index (χ3v) is 3.39. The molecule has 0 aliphatic heterocycles. The fraction of sp³-hybridized carbons (Fsp3) is 0.500. The third kappa shape index (κ3) is 3.03. The van der Waals surface area contributed by atoms with E-state index in [1.54, 1.807) is 4.90 Å². The molecule has 1 saturated carbocycles. The summed E-state index contributed by atoms with van der Waals surface area (Å²) in [7, 11) is 0. The van der Waals surface area contributed by atoms with Gasteiger partial charge in [0.2, 0.25) is 0 Å². The van der Waals surface area contributed by atoms with Gasteiger partial charge in [-0.05, 0) is 44.7 Å². The average molecular weight is 267 g/mol. The monoisotopic (exact) mass is 267 g/mol. The van der Waals surface area contributed by atoms with Crippen LogP contribution in [0.4, 0.5) is 14.5 Å². The van der Waals surface area contributed by atoms with Crippen molar-refractivity contribution in [2.75, 3.05) is 11.4 Å². The van der Waals surface area contributed by atoms with E-state index >= 15 is 0 Å². The Morgan fingerprint density at radius 1 is 1.37 bits per heavy atom. The molecule has 0 bridgehead atoms. The number of hydrogen-bond donors (Lipinski definition) is 2. The Kier molecular flexibility index (Phi) is 3.73. The molecule has 1 aliphatic carbocycles. The first-order valence-electron chi connectivity index (χ1n) is 6.50. The van der Waals surface area contributed by atoms with Crippen LogP contribution in [0, 0.1) is 23.0 Å². The largest absolute Gasteiger partial charge is 0.384 e. The van der Waals surface area contributed by atoms with Gasteiger partial charge in [0.1, 0.15) is 23.2 Å². The summed E-state index contributed by atoms with van der Waals surface area (Å²) in [6.07, 6.45) is 2.25. The fourth-order valence-electron chi connectivity index (χ4n) is 2.13. The van der Waals surface area contributed by atoms with Gasteiger partial charge in [-0.15, -0.1) is 0 Å². The molecule has 0 amide bonds. The summed E-state index contributed by atoms with van der Waals surface area (Å²) in [6.45, 7) is 4.51. The summed E-state index contributed by atoms with van der Waals surface area (Å²) >= 11 is 0. The van der Waals surface area contributed by atoms with Gasteiger partial charge in [-0.3, -0.25) is 5.41 Å². The molecule has 3 nitrogen and oxygen atoms in total. The highest BCUT2D eigenvalue weighted by atomic mass is 19.1. The molecule has 0 radical (unpaired) electrons. The van der Waals surface area contributed by atoms with Crippen molar-refractivity contribution in [2.45, 2.75) is 32.7 Å². The van der Waals surface area contributed by atoms with Crippen LogP contribution in [0.15, 0.2) is 12.1 Å². The van der Waals surface area contributed by atoms with Crippen molar-refractivity contribution < 1.29 is 8.78 Å². The van der Waals surface area contributed by atoms with Crippen LogP contribution in [-0.2, 0) is 0 Å². The highest BCUT2D eigenvalue weighted by molar-refractivity contribution is 5.95. The van der Waals surface area contributed by atoms with Crippen LogP contribution in [0.2, 0.25) is 0 Å². The van der Waals surface area contributed by atoms with Gasteiger partial charge < -0.3 is 10.6 Å². The molecule has 1 aliphatic rings. The lowest BCUT2D eigenvalue weighted by atomic mass is 10.1. The predicted octanol–water partition coefficient (Wildman–Crippen LogP) is 2.87. The van der Waals surface area contributed by atoms with Crippen LogP contribution in [-0.4, -0.2) is 18.4 Å². The summed E-state index contributed by atoms with van der Waals surface area (Å²) in [5, 5.41) is 7.24. The van der Waals surface area contributed by atoms with Crippen molar-refractivity contribution in [2.24, 2.45) is 11.7 Å². The van der Waals surface area contributed by atoms with E-state index in [-0.39, 0.29) is 23.1 Å². The normalized spacial score (nSPS) is 14.8. The third-order valence-electron chi connectivity index (χ3n) is 3.39. The molecule has 5 heteroatoms. The first-order valence-corrected chi connectivity index (χ1v) is 6.50. The molecular weight excluding hydrogens is 248 g/mol. The number of nitrogens with one attached hydrogen (secondary N) is 1. The second kappa shape index (κ2) is 5.15. The molecule has 1 fully saturated rings. The molecule has 0 aromatic heterocycles. The van der Waals surface area contributed by atoms with E-state index in [0.29, 0.717) is 12.5 Å². The van der Waals surface area contributed by atoms with Crippen LogP contribution < -0.4 is 10.6 Å². The van der Waals surface area contributed by atoms with Crippen molar-refractivity contribution in [3.63, 3.8) is 0 Å². The Bertz CT molecular complexity index is 472. The van der Waals surface area contributed by atoms with Gasteiger partial charge in [-0.2, -0.15) is 0 Å². The molecule has 0 unspecified atom stereocenters. The van der Waals surface area contributed by atoms with E-state index in [1.807, 2.05) is 13.8 Å². The highest BCUT2D eigenvalue weighted by Gasteiger charge is 2.28. The molecule has 1 aromatic carbocycles. The maximum Gasteiger partial charge on any atom is 0.150 e. The van der Waals surface area contributed by atoms with Crippen LogP contribution in [0.25, 0.3) is 0 Å². The van der Waals surface area contributed by atoms with Crippen molar-refractivity contribution in [3.05, 3.63) is 29.3 Å². The molecule has 1 aromatic rings. The van der Waals surface area contributed by atoms with Gasteiger partial charge in [0.25, 0.3) is 0 Å². The molecule has 19 heavy (non-hydrogen) atoms. The number of nitrogen functional groups attached to an aromatic ring is 1. The second-order valence-electron chi connectivity index (χ2n) is 5.39. The molecule has 2 rings (SSSR count). The van der Waals surface area contributed by atoms with Crippen LogP contribution >= 0.6 is 0 Å². The second-order valence-corrected chi connectivity index (χ2v) is 5.39. The lowest BCUT2D eigenvalue weighted by Gasteiger charge is -2.30. The Hall–Kier alpha value is -1.65. The van der Waals surface area contributed by atoms with Crippen molar-refractivity contribution >= 4 is 11.5 Å². The number of amidine groups is 1. The minimum absolute atomic E-state index is 0.00750. The van der Waals surface area contributed by atoms with Gasteiger partial charge in [-0.1, -0.05) is 0 Å². The SMILES string of the molecule is CC(C)N(CC1CC1)c1c(F)cc(C(=N)N)cc1F. The van der Waals surface area contributed by atoms with Crippen LogP contribution in [0.3, 0.4) is 0 Å². The van der Waals surface area contributed by atoms with Crippen LogP contribution in [0.1, 0.15) is 32.3 Å². The van der Waals surface area contributed by atoms with E-state index in [2.05, 4.69) is 0 Å². The maximum atomic E-state index is 14.1. The first-order chi connectivity index (χ1) is 8.90. The van der Waals surface area contributed by atoms with E-state index < -0.39 is 11.6 Å². The maximum absolute atomic E-state index is 14.1. The number of anilines is 1. The highest BCUT2D eigenvalue weighted by Crippen LogP contribution is 2.34. The average Bonchev–Trinajstić information content (AvgIpc) is 3.10. The number of halogens is 2. The number of nitrogens with zero attached hydrogens (tertiary/aromatic N) is 1. The van der Waals surface area contributed by atoms with Crippen LogP contribution in [0.5, 0.6) is 0 Å². The quantitative estimate of drug-likeness (QED) is 0.636. The molecule has 0 heterocycles. The van der Waals surface area contributed by atoms with Crippen molar-refractivity contribution in [1.29, 1.82) is 5.41 Å². The lowest BCUT2D eigenvalue weighted by Crippen LogP contribution is -2.34. The van der Waals surface area contributed by atoms with Gasteiger partial charge >= 0.3 is 0 Å². The van der Waals surface area contributed by atoms with E-state index in [0.717, 1.165) is 25.0 Å². The molecule has 3 N–H and O–H groups in total. The van der Waals surface area contributed by atoms with E-state index in [9.17, 15) is 8.78 Å². The Morgan fingerprint density at radius 3 is 2.26 bits per heavy atom. The lowest BCUT2D eigenvalue weighted by molar-refractivity contribution is 0.547.